The molecule has 0 unspecified atom stereocenters. The van der Waals surface area contributed by atoms with Gasteiger partial charge in [0.25, 0.3) is 5.89 Å². The standard InChI is InChI=1S/C13H9F2N3OS/c1-6-4-10(16)20-11(6)13-17-12(18-19-13)7-2-3-8(14)9(15)5-7/h2-5H,16H2,1H3. The van der Waals surface area contributed by atoms with Crippen LogP contribution < -0.4 is 5.73 Å². The number of halogens is 2. The molecule has 1 aromatic carbocycles. The molecule has 102 valence electrons. The highest BCUT2D eigenvalue weighted by Crippen LogP contribution is 2.33. The molecule has 7 heteroatoms. The second-order valence-electron chi connectivity index (χ2n) is 4.21. The molecule has 2 N–H and O–H groups in total. The highest BCUT2D eigenvalue weighted by atomic mass is 32.1. The van der Waals surface area contributed by atoms with E-state index >= 15 is 0 Å². The van der Waals surface area contributed by atoms with Crippen LogP contribution in [0.1, 0.15) is 5.56 Å². The van der Waals surface area contributed by atoms with Crippen molar-refractivity contribution in [2.24, 2.45) is 0 Å². The molecule has 0 bridgehead atoms. The van der Waals surface area contributed by atoms with Crippen molar-refractivity contribution in [1.82, 2.24) is 10.1 Å². The van der Waals surface area contributed by atoms with E-state index in [1.54, 1.807) is 6.07 Å². The van der Waals surface area contributed by atoms with Gasteiger partial charge in [0.1, 0.15) is 0 Å². The number of thiophene rings is 1. The molecule has 0 fully saturated rings. The Labute approximate surface area is 116 Å². The molecule has 0 amide bonds. The first kappa shape index (κ1) is 12.7. The summed E-state index contributed by atoms with van der Waals surface area (Å²) >= 11 is 1.33. The summed E-state index contributed by atoms with van der Waals surface area (Å²) in [5.74, 6) is -1.36. The molecule has 0 saturated heterocycles. The first-order chi connectivity index (χ1) is 9.54. The Morgan fingerprint density at radius 3 is 2.65 bits per heavy atom. The molecule has 2 heterocycles. The Morgan fingerprint density at radius 2 is 2.00 bits per heavy atom. The molecule has 0 radical (unpaired) electrons. The number of aromatic nitrogens is 2. The lowest BCUT2D eigenvalue weighted by Gasteiger charge is -1.95. The Morgan fingerprint density at radius 1 is 1.20 bits per heavy atom. The van der Waals surface area contributed by atoms with Crippen molar-refractivity contribution >= 4 is 16.3 Å². The maximum atomic E-state index is 13.2. The molecule has 3 aromatic rings. The summed E-state index contributed by atoms with van der Waals surface area (Å²) in [6, 6.07) is 5.25. The van der Waals surface area contributed by atoms with E-state index in [-0.39, 0.29) is 5.82 Å². The second kappa shape index (κ2) is 4.68. The monoisotopic (exact) mass is 293 g/mol. The van der Waals surface area contributed by atoms with Gasteiger partial charge in [-0.15, -0.1) is 11.3 Å². The summed E-state index contributed by atoms with van der Waals surface area (Å²) in [7, 11) is 0. The van der Waals surface area contributed by atoms with E-state index in [1.165, 1.54) is 17.4 Å². The minimum atomic E-state index is -0.953. The van der Waals surface area contributed by atoms with E-state index in [0.29, 0.717) is 16.5 Å². The zero-order valence-electron chi connectivity index (χ0n) is 10.4. The topological polar surface area (TPSA) is 64.9 Å². The molecule has 0 atom stereocenters. The normalized spacial score (nSPS) is 10.9. The third kappa shape index (κ3) is 2.16. The smallest absolute Gasteiger partial charge is 0.268 e. The third-order valence-corrected chi connectivity index (χ3v) is 3.79. The van der Waals surface area contributed by atoms with Crippen molar-refractivity contribution in [3.05, 3.63) is 41.5 Å². The quantitative estimate of drug-likeness (QED) is 0.783. The van der Waals surface area contributed by atoms with Crippen molar-refractivity contribution < 1.29 is 13.3 Å². The van der Waals surface area contributed by atoms with E-state index in [9.17, 15) is 8.78 Å². The maximum absolute atomic E-state index is 13.2. The Kier molecular flexibility index (Phi) is 2.98. The molecule has 3 rings (SSSR count). The van der Waals surface area contributed by atoms with Crippen LogP contribution in [0.3, 0.4) is 0 Å². The number of rotatable bonds is 2. The van der Waals surface area contributed by atoms with Gasteiger partial charge in [0.15, 0.2) is 11.6 Å². The number of nitrogens with zero attached hydrogens (tertiary/aromatic N) is 2. The number of hydrogen-bond donors (Lipinski definition) is 1. The summed E-state index contributed by atoms with van der Waals surface area (Å²) in [5.41, 5.74) is 6.98. The number of nitrogen functional groups attached to an aromatic ring is 1. The zero-order valence-corrected chi connectivity index (χ0v) is 11.2. The Hall–Kier alpha value is -2.28. The predicted molar refractivity (Wildman–Crippen MR) is 72.1 cm³/mol. The van der Waals surface area contributed by atoms with Crippen molar-refractivity contribution in [2.45, 2.75) is 6.92 Å². The lowest BCUT2D eigenvalue weighted by molar-refractivity contribution is 0.433. The van der Waals surface area contributed by atoms with Crippen LogP contribution in [0, 0.1) is 18.6 Å². The highest BCUT2D eigenvalue weighted by Gasteiger charge is 2.16. The van der Waals surface area contributed by atoms with Crippen LogP contribution in [0.2, 0.25) is 0 Å². The second-order valence-corrected chi connectivity index (χ2v) is 5.30. The summed E-state index contributed by atoms with van der Waals surface area (Å²) in [6.45, 7) is 1.88. The van der Waals surface area contributed by atoms with Gasteiger partial charge >= 0.3 is 0 Å². The fourth-order valence-electron chi connectivity index (χ4n) is 1.79. The van der Waals surface area contributed by atoms with Crippen molar-refractivity contribution in [3.8, 4) is 22.2 Å². The zero-order chi connectivity index (χ0) is 14.3. The van der Waals surface area contributed by atoms with Crippen LogP contribution in [0.5, 0.6) is 0 Å². The van der Waals surface area contributed by atoms with Crippen LogP contribution in [0.4, 0.5) is 13.8 Å². The number of anilines is 1. The molecule has 0 aliphatic heterocycles. The van der Waals surface area contributed by atoms with Gasteiger partial charge in [-0.1, -0.05) is 5.16 Å². The van der Waals surface area contributed by atoms with Crippen LogP contribution in [0.15, 0.2) is 28.8 Å². The molecular formula is C13H9F2N3OS. The van der Waals surface area contributed by atoms with E-state index in [1.807, 2.05) is 6.92 Å². The fraction of sp³-hybridized carbons (Fsp3) is 0.0769. The van der Waals surface area contributed by atoms with Crippen LogP contribution in [-0.4, -0.2) is 10.1 Å². The molecule has 0 aliphatic rings. The minimum Gasteiger partial charge on any atom is -0.391 e. The number of hydrogen-bond acceptors (Lipinski definition) is 5. The first-order valence-electron chi connectivity index (χ1n) is 5.70. The van der Waals surface area contributed by atoms with E-state index in [0.717, 1.165) is 22.6 Å². The molecule has 0 spiro atoms. The molecular weight excluding hydrogens is 284 g/mol. The molecule has 0 aliphatic carbocycles. The van der Waals surface area contributed by atoms with Gasteiger partial charge in [0.05, 0.1) is 9.88 Å². The Balaban J connectivity index is 2.01. The molecule has 20 heavy (non-hydrogen) atoms. The summed E-state index contributed by atoms with van der Waals surface area (Å²) < 4.78 is 31.2. The highest BCUT2D eigenvalue weighted by molar-refractivity contribution is 7.19. The lowest BCUT2D eigenvalue weighted by atomic mass is 10.2. The van der Waals surface area contributed by atoms with E-state index in [4.69, 9.17) is 10.3 Å². The summed E-state index contributed by atoms with van der Waals surface area (Å²) in [4.78, 5) is 4.95. The summed E-state index contributed by atoms with van der Waals surface area (Å²) in [5, 5.41) is 4.42. The van der Waals surface area contributed by atoms with Gasteiger partial charge in [-0.25, -0.2) is 8.78 Å². The van der Waals surface area contributed by atoms with Gasteiger partial charge in [-0.05, 0) is 36.8 Å². The lowest BCUT2D eigenvalue weighted by Crippen LogP contribution is -1.86. The van der Waals surface area contributed by atoms with Gasteiger partial charge < -0.3 is 10.3 Å². The van der Waals surface area contributed by atoms with Gasteiger partial charge in [-0.2, -0.15) is 4.98 Å². The molecule has 4 nitrogen and oxygen atoms in total. The first-order valence-corrected chi connectivity index (χ1v) is 6.51. The predicted octanol–water partition coefficient (Wildman–Crippen LogP) is 3.63. The van der Waals surface area contributed by atoms with Gasteiger partial charge in [0, 0.05) is 5.56 Å². The molecule has 2 aromatic heterocycles. The van der Waals surface area contributed by atoms with Crippen molar-refractivity contribution in [1.29, 1.82) is 0 Å². The number of benzene rings is 1. The largest absolute Gasteiger partial charge is 0.391 e. The summed E-state index contributed by atoms with van der Waals surface area (Å²) in [6.07, 6.45) is 0. The van der Waals surface area contributed by atoms with Gasteiger partial charge in [-0.3, -0.25) is 0 Å². The van der Waals surface area contributed by atoms with Crippen LogP contribution in [0.25, 0.3) is 22.2 Å². The minimum absolute atomic E-state index is 0.199. The molecule has 0 saturated carbocycles. The van der Waals surface area contributed by atoms with E-state index < -0.39 is 11.6 Å². The Bertz CT molecular complexity index is 782. The maximum Gasteiger partial charge on any atom is 0.268 e. The van der Waals surface area contributed by atoms with Crippen LogP contribution in [-0.2, 0) is 0 Å². The van der Waals surface area contributed by atoms with Crippen molar-refractivity contribution in [3.63, 3.8) is 0 Å². The van der Waals surface area contributed by atoms with Crippen LogP contribution >= 0.6 is 11.3 Å². The number of nitrogens with two attached hydrogens (primary N) is 1. The average Bonchev–Trinajstić information content (AvgIpc) is 2.99. The van der Waals surface area contributed by atoms with Gasteiger partial charge in [0.2, 0.25) is 5.82 Å². The fourth-order valence-corrected chi connectivity index (χ4v) is 2.65. The third-order valence-electron chi connectivity index (χ3n) is 2.73. The average molecular weight is 293 g/mol. The van der Waals surface area contributed by atoms with E-state index in [2.05, 4.69) is 10.1 Å². The number of aryl methyl sites for hydroxylation is 1. The van der Waals surface area contributed by atoms with Crippen molar-refractivity contribution in [2.75, 3.05) is 5.73 Å². The SMILES string of the molecule is Cc1cc(N)sc1-c1nc(-c2ccc(F)c(F)c2)no1.